The van der Waals surface area contributed by atoms with E-state index in [9.17, 15) is 4.39 Å². The van der Waals surface area contributed by atoms with Crippen LogP contribution in [-0.4, -0.2) is 7.11 Å². The highest BCUT2D eigenvalue weighted by molar-refractivity contribution is 9.08. The molecular weight excluding hydrogens is 347 g/mol. The summed E-state index contributed by atoms with van der Waals surface area (Å²) in [5, 5.41) is 0.721. The smallest absolute Gasteiger partial charge is 0.148 e. The van der Waals surface area contributed by atoms with Crippen LogP contribution in [0, 0.1) is 5.82 Å². The van der Waals surface area contributed by atoms with Crippen LogP contribution in [0.1, 0.15) is 11.1 Å². The zero-order valence-electron chi connectivity index (χ0n) is 10.8. The summed E-state index contributed by atoms with van der Waals surface area (Å²) in [6, 6.07) is 10.3. The molecule has 0 saturated carbocycles. The van der Waals surface area contributed by atoms with Gasteiger partial charge in [-0.15, -0.1) is 0 Å². The second-order valence-electron chi connectivity index (χ2n) is 4.11. The SMILES string of the molecule is COc1ccc(OCc2cccc(Cl)c2F)c(CBr)c1. The van der Waals surface area contributed by atoms with Crippen LogP contribution in [0.2, 0.25) is 5.02 Å². The lowest BCUT2D eigenvalue weighted by atomic mass is 10.2. The van der Waals surface area contributed by atoms with Crippen LogP contribution in [-0.2, 0) is 11.9 Å². The third-order valence-electron chi connectivity index (χ3n) is 2.83. The van der Waals surface area contributed by atoms with Crippen molar-refractivity contribution in [3.8, 4) is 11.5 Å². The topological polar surface area (TPSA) is 18.5 Å². The number of hydrogen-bond donors (Lipinski definition) is 0. The fraction of sp³-hybridized carbons (Fsp3) is 0.200. The normalized spacial score (nSPS) is 10.4. The second-order valence-corrected chi connectivity index (χ2v) is 5.08. The average Bonchev–Trinajstić information content (AvgIpc) is 2.48. The molecule has 0 aliphatic carbocycles. The Labute approximate surface area is 130 Å². The van der Waals surface area contributed by atoms with E-state index in [1.807, 2.05) is 6.07 Å². The first-order valence-electron chi connectivity index (χ1n) is 5.94. The number of benzene rings is 2. The third-order valence-corrected chi connectivity index (χ3v) is 3.72. The molecule has 0 heterocycles. The molecule has 0 amide bonds. The third kappa shape index (κ3) is 3.44. The first-order valence-corrected chi connectivity index (χ1v) is 7.44. The Morgan fingerprint density at radius 2 is 2.00 bits per heavy atom. The standard InChI is InChI=1S/C15H13BrClFO2/c1-19-12-5-6-14(11(7-12)8-16)20-9-10-3-2-4-13(17)15(10)18/h2-7H,8-9H2,1H3. The Bertz CT molecular complexity index is 604. The highest BCUT2D eigenvalue weighted by Crippen LogP contribution is 2.27. The van der Waals surface area contributed by atoms with E-state index in [1.165, 1.54) is 6.07 Å². The first kappa shape index (κ1) is 15.1. The lowest BCUT2D eigenvalue weighted by Gasteiger charge is -2.12. The summed E-state index contributed by atoms with van der Waals surface area (Å²) in [4.78, 5) is 0. The molecule has 0 radical (unpaired) electrons. The molecule has 0 unspecified atom stereocenters. The molecule has 106 valence electrons. The van der Waals surface area contributed by atoms with Gasteiger partial charge >= 0.3 is 0 Å². The van der Waals surface area contributed by atoms with Crippen LogP contribution in [0.15, 0.2) is 36.4 Å². The fourth-order valence-corrected chi connectivity index (χ4v) is 2.38. The van der Waals surface area contributed by atoms with Gasteiger partial charge in [-0.2, -0.15) is 0 Å². The van der Waals surface area contributed by atoms with Crippen LogP contribution in [0.4, 0.5) is 4.39 Å². The molecule has 0 saturated heterocycles. The first-order chi connectivity index (χ1) is 9.65. The van der Waals surface area contributed by atoms with E-state index < -0.39 is 5.82 Å². The van der Waals surface area contributed by atoms with Crippen LogP contribution < -0.4 is 9.47 Å². The van der Waals surface area contributed by atoms with E-state index in [-0.39, 0.29) is 11.6 Å². The van der Waals surface area contributed by atoms with E-state index in [0.717, 1.165) is 11.3 Å². The van der Waals surface area contributed by atoms with Crippen LogP contribution in [0.5, 0.6) is 11.5 Å². The Hall–Kier alpha value is -1.26. The van der Waals surface area contributed by atoms with Crippen molar-refractivity contribution in [2.75, 3.05) is 7.11 Å². The Kier molecular flexibility index (Phi) is 5.26. The van der Waals surface area contributed by atoms with Gasteiger partial charge in [-0.1, -0.05) is 39.7 Å². The van der Waals surface area contributed by atoms with Crippen LogP contribution in [0.25, 0.3) is 0 Å². The summed E-state index contributed by atoms with van der Waals surface area (Å²) >= 11 is 9.13. The highest BCUT2D eigenvalue weighted by Gasteiger charge is 2.09. The summed E-state index contributed by atoms with van der Waals surface area (Å²) in [6.45, 7) is 0.124. The lowest BCUT2D eigenvalue weighted by molar-refractivity contribution is 0.297. The molecule has 20 heavy (non-hydrogen) atoms. The summed E-state index contributed by atoms with van der Waals surface area (Å²) in [5.41, 5.74) is 1.36. The largest absolute Gasteiger partial charge is 0.497 e. The molecule has 2 aromatic carbocycles. The van der Waals surface area contributed by atoms with Crippen LogP contribution in [0.3, 0.4) is 0 Å². The minimum Gasteiger partial charge on any atom is -0.497 e. The molecule has 0 aliphatic heterocycles. The van der Waals surface area contributed by atoms with Gasteiger partial charge in [0, 0.05) is 16.5 Å². The Balaban J connectivity index is 2.16. The maximum absolute atomic E-state index is 13.8. The van der Waals surface area contributed by atoms with Crippen molar-refractivity contribution in [3.05, 3.63) is 58.4 Å². The van der Waals surface area contributed by atoms with Gasteiger partial charge in [0.1, 0.15) is 23.9 Å². The number of ether oxygens (including phenoxy) is 2. The van der Waals surface area contributed by atoms with Gasteiger partial charge < -0.3 is 9.47 Å². The molecule has 5 heteroatoms. The predicted octanol–water partition coefficient (Wildman–Crippen LogP) is 4.96. The van der Waals surface area contributed by atoms with Gasteiger partial charge in [-0.3, -0.25) is 0 Å². The van der Waals surface area contributed by atoms with Gasteiger partial charge in [0.2, 0.25) is 0 Å². The van der Waals surface area contributed by atoms with Crippen molar-refractivity contribution in [1.82, 2.24) is 0 Å². The van der Waals surface area contributed by atoms with Crippen molar-refractivity contribution in [2.24, 2.45) is 0 Å². The molecule has 0 aliphatic rings. The van der Waals surface area contributed by atoms with Crippen LogP contribution >= 0.6 is 27.5 Å². The summed E-state index contributed by atoms with van der Waals surface area (Å²) in [6.07, 6.45) is 0. The lowest BCUT2D eigenvalue weighted by Crippen LogP contribution is -2.01. The molecule has 0 fully saturated rings. The van der Waals surface area contributed by atoms with Crippen molar-refractivity contribution < 1.29 is 13.9 Å². The summed E-state index contributed by atoms with van der Waals surface area (Å²) in [5.74, 6) is 0.992. The van der Waals surface area contributed by atoms with E-state index in [4.69, 9.17) is 21.1 Å². The van der Waals surface area contributed by atoms with Crippen molar-refractivity contribution in [2.45, 2.75) is 11.9 Å². The molecule has 0 bridgehead atoms. The van der Waals surface area contributed by atoms with Gasteiger partial charge in [-0.25, -0.2) is 4.39 Å². The molecule has 0 N–H and O–H groups in total. The molecule has 2 aromatic rings. The number of hydrogen-bond acceptors (Lipinski definition) is 2. The maximum atomic E-state index is 13.8. The van der Waals surface area contributed by atoms with E-state index in [0.29, 0.717) is 16.6 Å². The zero-order chi connectivity index (χ0) is 14.5. The molecule has 2 nitrogen and oxygen atoms in total. The summed E-state index contributed by atoms with van der Waals surface area (Å²) < 4.78 is 24.6. The average molecular weight is 360 g/mol. The molecule has 0 atom stereocenters. The number of rotatable bonds is 5. The number of halogens is 3. The zero-order valence-corrected chi connectivity index (χ0v) is 13.2. The fourth-order valence-electron chi connectivity index (χ4n) is 1.74. The molecule has 2 rings (SSSR count). The van der Waals surface area contributed by atoms with Crippen molar-refractivity contribution in [3.63, 3.8) is 0 Å². The minimum absolute atomic E-state index is 0.0987. The minimum atomic E-state index is -0.442. The van der Waals surface area contributed by atoms with Gasteiger partial charge in [0.15, 0.2) is 0 Å². The molecule has 0 spiro atoms. The Morgan fingerprint density at radius 1 is 1.20 bits per heavy atom. The highest BCUT2D eigenvalue weighted by atomic mass is 79.9. The quantitative estimate of drug-likeness (QED) is 0.702. The summed E-state index contributed by atoms with van der Waals surface area (Å²) in [7, 11) is 1.61. The number of alkyl halides is 1. The second kappa shape index (κ2) is 6.95. The maximum Gasteiger partial charge on any atom is 0.148 e. The van der Waals surface area contributed by atoms with Crippen molar-refractivity contribution in [1.29, 1.82) is 0 Å². The number of methoxy groups -OCH3 is 1. The van der Waals surface area contributed by atoms with E-state index >= 15 is 0 Å². The van der Waals surface area contributed by atoms with Gasteiger partial charge in [-0.05, 0) is 24.3 Å². The Morgan fingerprint density at radius 3 is 2.70 bits per heavy atom. The molecular formula is C15H13BrClFO2. The van der Waals surface area contributed by atoms with Crippen molar-refractivity contribution >= 4 is 27.5 Å². The molecule has 0 aromatic heterocycles. The van der Waals surface area contributed by atoms with E-state index in [1.54, 1.807) is 31.4 Å². The predicted molar refractivity (Wildman–Crippen MR) is 81.4 cm³/mol. The van der Waals surface area contributed by atoms with E-state index in [2.05, 4.69) is 15.9 Å². The van der Waals surface area contributed by atoms with Gasteiger partial charge in [0.05, 0.1) is 12.1 Å². The monoisotopic (exact) mass is 358 g/mol. The van der Waals surface area contributed by atoms with Gasteiger partial charge in [0.25, 0.3) is 0 Å².